The lowest BCUT2D eigenvalue weighted by Crippen LogP contribution is -2.50. The Morgan fingerprint density at radius 2 is 1.58 bits per heavy atom. The molecule has 0 aromatic heterocycles. The summed E-state index contributed by atoms with van der Waals surface area (Å²) < 4.78 is 28.0. The fraction of sp³-hybridized carbons (Fsp3) is 0.200. The number of carbonyl (C=O) groups is 2. The predicted octanol–water partition coefficient (Wildman–Crippen LogP) is 2.95. The average molecular weight is 511 g/mol. The number of hydrogen-bond acceptors (Lipinski definition) is 6. The maximum atomic E-state index is 13.6. The van der Waals surface area contributed by atoms with E-state index in [0.29, 0.717) is 0 Å². The van der Waals surface area contributed by atoms with Crippen LogP contribution in [-0.2, 0) is 26.2 Å². The van der Waals surface area contributed by atoms with Crippen LogP contribution in [0.25, 0.3) is 0 Å². The number of non-ortho nitro benzene ring substituents is 1. The van der Waals surface area contributed by atoms with E-state index in [9.17, 15) is 28.1 Å². The van der Waals surface area contributed by atoms with E-state index in [1.54, 1.807) is 37.3 Å². The molecule has 36 heavy (non-hydrogen) atoms. The van der Waals surface area contributed by atoms with Crippen LogP contribution in [-0.4, -0.2) is 49.7 Å². The molecule has 3 rings (SSSR count). The van der Waals surface area contributed by atoms with E-state index in [4.69, 9.17) is 0 Å². The van der Waals surface area contributed by atoms with Gasteiger partial charge in [-0.1, -0.05) is 54.6 Å². The Morgan fingerprint density at radius 1 is 0.972 bits per heavy atom. The number of nitro groups is 1. The largest absolute Gasteiger partial charge is 0.357 e. The highest BCUT2D eigenvalue weighted by atomic mass is 32.2. The second-order valence-electron chi connectivity index (χ2n) is 7.90. The molecule has 0 saturated heterocycles. The lowest BCUT2D eigenvalue weighted by molar-refractivity contribution is -0.384. The summed E-state index contributed by atoms with van der Waals surface area (Å²) in [4.78, 5) is 37.9. The van der Waals surface area contributed by atoms with Crippen molar-refractivity contribution in [2.24, 2.45) is 0 Å². The third-order valence-corrected chi connectivity index (χ3v) is 7.34. The van der Waals surface area contributed by atoms with Crippen LogP contribution in [0.5, 0.6) is 0 Å². The van der Waals surface area contributed by atoms with Crippen molar-refractivity contribution in [3.63, 3.8) is 0 Å². The molecule has 0 heterocycles. The van der Waals surface area contributed by atoms with Gasteiger partial charge in [0.15, 0.2) is 0 Å². The SMILES string of the molecule is CNC(=O)[C@@H](C)N(Cc1ccccc1)C(=O)CN(c1cccc([N+](=O)[O-])c1)S(=O)(=O)c1ccccc1. The molecule has 3 aromatic rings. The van der Waals surface area contributed by atoms with Gasteiger partial charge in [-0.05, 0) is 30.7 Å². The molecule has 0 aliphatic rings. The summed E-state index contributed by atoms with van der Waals surface area (Å²) >= 11 is 0. The third kappa shape index (κ3) is 6.05. The molecule has 3 aromatic carbocycles. The Labute approximate surface area is 209 Å². The fourth-order valence-corrected chi connectivity index (χ4v) is 5.01. The van der Waals surface area contributed by atoms with Gasteiger partial charge in [0.25, 0.3) is 15.7 Å². The Hall–Kier alpha value is -4.25. The highest BCUT2D eigenvalue weighted by Crippen LogP contribution is 2.27. The molecular weight excluding hydrogens is 484 g/mol. The predicted molar refractivity (Wildman–Crippen MR) is 135 cm³/mol. The minimum atomic E-state index is -4.29. The number of rotatable bonds is 10. The minimum Gasteiger partial charge on any atom is -0.357 e. The van der Waals surface area contributed by atoms with Crippen LogP contribution < -0.4 is 9.62 Å². The van der Waals surface area contributed by atoms with E-state index >= 15 is 0 Å². The maximum absolute atomic E-state index is 13.6. The first-order valence-electron chi connectivity index (χ1n) is 11.0. The second kappa shape index (κ2) is 11.5. The lowest BCUT2D eigenvalue weighted by Gasteiger charge is -2.31. The summed E-state index contributed by atoms with van der Waals surface area (Å²) in [5.41, 5.74) is 0.371. The van der Waals surface area contributed by atoms with Crippen molar-refractivity contribution >= 4 is 33.2 Å². The molecule has 0 spiro atoms. The standard InChI is InChI=1S/C25H26N4O6S/c1-19(25(31)26-2)27(17-20-10-5-3-6-11-20)24(30)18-28(21-12-9-13-22(16-21)29(32)33)36(34,35)23-14-7-4-8-15-23/h3-16,19H,17-18H2,1-2H3,(H,26,31)/t19-/m1/s1. The number of sulfonamides is 1. The molecule has 0 saturated carbocycles. The number of nitro benzene ring substituents is 1. The monoisotopic (exact) mass is 510 g/mol. The van der Waals surface area contributed by atoms with Crippen LogP contribution in [0.2, 0.25) is 0 Å². The highest BCUT2D eigenvalue weighted by molar-refractivity contribution is 7.92. The molecule has 188 valence electrons. The molecule has 0 unspecified atom stereocenters. The summed E-state index contributed by atoms with van der Waals surface area (Å²) in [6, 6.07) is 20.6. The normalized spacial score (nSPS) is 11.8. The molecule has 0 fully saturated rings. The van der Waals surface area contributed by atoms with Gasteiger partial charge in [-0.3, -0.25) is 24.0 Å². The van der Waals surface area contributed by atoms with Crippen LogP contribution in [0.3, 0.4) is 0 Å². The summed E-state index contributed by atoms with van der Waals surface area (Å²) in [5, 5.41) is 13.9. The number of carbonyl (C=O) groups excluding carboxylic acids is 2. The average Bonchev–Trinajstić information content (AvgIpc) is 2.90. The van der Waals surface area contributed by atoms with Crippen molar-refractivity contribution in [1.29, 1.82) is 0 Å². The van der Waals surface area contributed by atoms with Crippen molar-refractivity contribution in [3.8, 4) is 0 Å². The van der Waals surface area contributed by atoms with E-state index in [-0.39, 0.29) is 22.8 Å². The smallest absolute Gasteiger partial charge is 0.271 e. The molecule has 10 nitrogen and oxygen atoms in total. The molecule has 1 N–H and O–H groups in total. The van der Waals surface area contributed by atoms with Gasteiger partial charge >= 0.3 is 0 Å². The van der Waals surface area contributed by atoms with E-state index in [1.807, 2.05) is 6.07 Å². The zero-order valence-corrected chi connectivity index (χ0v) is 20.6. The summed E-state index contributed by atoms with van der Waals surface area (Å²) in [7, 11) is -2.84. The van der Waals surface area contributed by atoms with Gasteiger partial charge in [0.05, 0.1) is 15.5 Å². The summed E-state index contributed by atoms with van der Waals surface area (Å²) in [6.07, 6.45) is 0. The molecule has 11 heteroatoms. The molecule has 0 bridgehead atoms. The zero-order valence-electron chi connectivity index (χ0n) is 19.8. The maximum Gasteiger partial charge on any atom is 0.271 e. The van der Waals surface area contributed by atoms with Gasteiger partial charge < -0.3 is 10.2 Å². The van der Waals surface area contributed by atoms with Gasteiger partial charge in [-0.25, -0.2) is 8.42 Å². The molecular formula is C25H26N4O6S. The first-order chi connectivity index (χ1) is 17.1. The topological polar surface area (TPSA) is 130 Å². The van der Waals surface area contributed by atoms with E-state index in [1.165, 1.54) is 54.4 Å². The van der Waals surface area contributed by atoms with Crippen molar-refractivity contribution in [3.05, 3.63) is 101 Å². The van der Waals surface area contributed by atoms with Crippen molar-refractivity contribution in [1.82, 2.24) is 10.2 Å². The Morgan fingerprint density at radius 3 is 2.17 bits per heavy atom. The third-order valence-electron chi connectivity index (χ3n) is 5.55. The van der Waals surface area contributed by atoms with Crippen molar-refractivity contribution in [2.45, 2.75) is 24.4 Å². The van der Waals surface area contributed by atoms with Crippen LogP contribution >= 0.6 is 0 Å². The number of anilines is 1. The number of nitrogens with one attached hydrogen (secondary N) is 1. The van der Waals surface area contributed by atoms with Gasteiger partial charge in [0.1, 0.15) is 12.6 Å². The van der Waals surface area contributed by atoms with Crippen molar-refractivity contribution < 1.29 is 22.9 Å². The first kappa shape index (κ1) is 26.4. The Balaban J connectivity index is 2.06. The van der Waals surface area contributed by atoms with Crippen LogP contribution in [0.4, 0.5) is 11.4 Å². The number of nitrogens with zero attached hydrogens (tertiary/aromatic N) is 3. The number of hydrogen-bond donors (Lipinski definition) is 1. The van der Waals surface area contributed by atoms with Gasteiger partial charge in [0, 0.05) is 25.7 Å². The number of benzene rings is 3. The van der Waals surface area contributed by atoms with E-state index < -0.39 is 39.3 Å². The molecule has 0 aliphatic heterocycles. The molecule has 2 amide bonds. The van der Waals surface area contributed by atoms with Gasteiger partial charge in [-0.2, -0.15) is 0 Å². The second-order valence-corrected chi connectivity index (χ2v) is 9.76. The van der Waals surface area contributed by atoms with E-state index in [0.717, 1.165) is 15.9 Å². The minimum absolute atomic E-state index is 0.0475. The number of likely N-dealkylation sites (N-methyl/N-ethyl adjacent to an activating group) is 1. The lowest BCUT2D eigenvalue weighted by atomic mass is 10.1. The Bertz CT molecular complexity index is 1330. The zero-order chi connectivity index (χ0) is 26.3. The summed E-state index contributed by atoms with van der Waals surface area (Å²) in [5.74, 6) is -1.08. The highest BCUT2D eigenvalue weighted by Gasteiger charge is 2.32. The first-order valence-corrected chi connectivity index (χ1v) is 12.5. The number of amides is 2. The molecule has 1 atom stereocenters. The van der Waals surface area contributed by atoms with E-state index in [2.05, 4.69) is 5.32 Å². The van der Waals surface area contributed by atoms with Crippen LogP contribution in [0.15, 0.2) is 89.8 Å². The van der Waals surface area contributed by atoms with Crippen molar-refractivity contribution in [2.75, 3.05) is 17.9 Å². The van der Waals surface area contributed by atoms with Crippen LogP contribution in [0.1, 0.15) is 12.5 Å². The summed E-state index contributed by atoms with van der Waals surface area (Å²) in [6.45, 7) is 0.929. The van der Waals surface area contributed by atoms with Gasteiger partial charge in [-0.15, -0.1) is 0 Å². The van der Waals surface area contributed by atoms with Gasteiger partial charge in [0.2, 0.25) is 11.8 Å². The quantitative estimate of drug-likeness (QED) is 0.330. The molecule has 0 aliphatic carbocycles. The Kier molecular flexibility index (Phi) is 8.38. The molecule has 0 radical (unpaired) electrons. The van der Waals surface area contributed by atoms with Crippen LogP contribution in [0, 0.1) is 10.1 Å². The fourth-order valence-electron chi connectivity index (χ4n) is 3.58.